The monoisotopic (exact) mass is 376 g/mol. The summed E-state index contributed by atoms with van der Waals surface area (Å²) in [7, 11) is 2.82. The van der Waals surface area contributed by atoms with Gasteiger partial charge in [0.15, 0.2) is 0 Å². The van der Waals surface area contributed by atoms with Crippen molar-refractivity contribution < 1.29 is 14.3 Å². The highest BCUT2D eigenvalue weighted by molar-refractivity contribution is 6.08. The van der Waals surface area contributed by atoms with Crippen LogP contribution < -0.4 is 16.6 Å². The van der Waals surface area contributed by atoms with Gasteiger partial charge in [0.25, 0.3) is 11.5 Å². The molecule has 0 aliphatic rings. The molecular weight excluding hydrogens is 352 g/mol. The van der Waals surface area contributed by atoms with Gasteiger partial charge in [-0.15, -0.1) is 0 Å². The molecule has 9 nitrogen and oxygen atoms in total. The molecule has 2 aromatic heterocycles. The third kappa shape index (κ3) is 3.44. The fourth-order valence-corrected chi connectivity index (χ4v) is 3.12. The number of hydrogen-bond donors (Lipinski definition) is 1. The second-order valence-corrected chi connectivity index (χ2v) is 6.12. The topological polar surface area (TPSA) is 104 Å². The SMILES string of the molecule is CCOC(=O)c1c(C)c(C(=O)Nc2cc(=O)n(C)c(=O)n2C)c(C)n1CC. The van der Waals surface area contributed by atoms with Crippen molar-refractivity contribution in [3.63, 3.8) is 0 Å². The second-order valence-electron chi connectivity index (χ2n) is 6.12. The summed E-state index contributed by atoms with van der Waals surface area (Å²) in [5.41, 5.74) is 0.640. The number of amides is 1. The Hall–Kier alpha value is -3.10. The van der Waals surface area contributed by atoms with E-state index in [9.17, 15) is 19.2 Å². The lowest BCUT2D eigenvalue weighted by molar-refractivity contribution is 0.0512. The first kappa shape index (κ1) is 20.2. The Morgan fingerprint density at radius 1 is 1.11 bits per heavy atom. The van der Waals surface area contributed by atoms with Crippen LogP contribution in [-0.2, 0) is 25.4 Å². The van der Waals surface area contributed by atoms with E-state index in [0.29, 0.717) is 29.1 Å². The van der Waals surface area contributed by atoms with E-state index >= 15 is 0 Å². The van der Waals surface area contributed by atoms with Crippen molar-refractivity contribution in [1.82, 2.24) is 13.7 Å². The van der Waals surface area contributed by atoms with Gasteiger partial charge in [0, 0.05) is 32.4 Å². The highest BCUT2D eigenvalue weighted by Crippen LogP contribution is 2.24. The molecule has 1 N–H and O–H groups in total. The first-order chi connectivity index (χ1) is 12.6. The molecule has 0 saturated carbocycles. The number of nitrogens with zero attached hydrogens (tertiary/aromatic N) is 3. The van der Waals surface area contributed by atoms with Gasteiger partial charge >= 0.3 is 11.7 Å². The highest BCUT2D eigenvalue weighted by Gasteiger charge is 2.27. The summed E-state index contributed by atoms with van der Waals surface area (Å²) in [6, 6.07) is 1.17. The Kier molecular flexibility index (Phi) is 5.72. The van der Waals surface area contributed by atoms with Gasteiger partial charge in [-0.25, -0.2) is 9.59 Å². The van der Waals surface area contributed by atoms with E-state index in [-0.39, 0.29) is 12.4 Å². The summed E-state index contributed by atoms with van der Waals surface area (Å²) in [4.78, 5) is 49.1. The molecule has 1 amide bonds. The van der Waals surface area contributed by atoms with E-state index in [4.69, 9.17) is 4.74 Å². The summed E-state index contributed by atoms with van der Waals surface area (Å²) in [6.45, 7) is 7.69. The summed E-state index contributed by atoms with van der Waals surface area (Å²) in [5, 5.41) is 2.60. The maximum atomic E-state index is 12.9. The van der Waals surface area contributed by atoms with Gasteiger partial charge < -0.3 is 14.6 Å². The molecule has 0 fully saturated rings. The lowest BCUT2D eigenvalue weighted by atomic mass is 10.1. The molecule has 0 saturated heterocycles. The molecule has 0 bridgehead atoms. The van der Waals surface area contributed by atoms with E-state index in [1.165, 1.54) is 24.7 Å². The van der Waals surface area contributed by atoms with Gasteiger partial charge in [-0.05, 0) is 33.3 Å². The molecule has 0 atom stereocenters. The molecule has 0 spiro atoms. The minimum atomic E-state index is -0.551. The van der Waals surface area contributed by atoms with Gasteiger partial charge in [-0.2, -0.15) is 0 Å². The van der Waals surface area contributed by atoms with Crippen LogP contribution in [0.25, 0.3) is 0 Å². The standard InChI is InChI=1S/C18H24N4O5/c1-7-22-11(4)14(10(3)15(22)17(25)27-8-2)16(24)19-12-9-13(23)21(6)18(26)20(12)5/h9H,7-8H2,1-6H3,(H,19,24). The molecule has 0 radical (unpaired) electrons. The van der Waals surface area contributed by atoms with Crippen LogP contribution in [0.3, 0.4) is 0 Å². The van der Waals surface area contributed by atoms with E-state index < -0.39 is 23.1 Å². The Morgan fingerprint density at radius 2 is 1.74 bits per heavy atom. The zero-order chi connectivity index (χ0) is 20.5. The number of anilines is 1. The number of carbonyl (C=O) groups excluding carboxylic acids is 2. The lowest BCUT2D eigenvalue weighted by Crippen LogP contribution is -2.38. The fourth-order valence-electron chi connectivity index (χ4n) is 3.12. The van der Waals surface area contributed by atoms with Crippen molar-refractivity contribution in [2.24, 2.45) is 14.1 Å². The molecule has 146 valence electrons. The fraction of sp³-hybridized carbons (Fsp3) is 0.444. The number of hydrogen-bond acceptors (Lipinski definition) is 5. The van der Waals surface area contributed by atoms with Crippen LogP contribution in [0.5, 0.6) is 0 Å². The van der Waals surface area contributed by atoms with Gasteiger partial charge in [-0.3, -0.25) is 18.7 Å². The molecule has 0 unspecified atom stereocenters. The Labute approximate surface area is 156 Å². The van der Waals surface area contributed by atoms with Crippen molar-refractivity contribution in [3.05, 3.63) is 49.4 Å². The molecule has 2 heterocycles. The average Bonchev–Trinajstić information content (AvgIpc) is 2.87. The van der Waals surface area contributed by atoms with E-state index in [1.807, 2.05) is 6.92 Å². The normalized spacial score (nSPS) is 10.7. The van der Waals surface area contributed by atoms with Gasteiger partial charge in [-0.1, -0.05) is 0 Å². The number of nitrogens with one attached hydrogen (secondary N) is 1. The molecule has 9 heteroatoms. The van der Waals surface area contributed by atoms with Crippen LogP contribution in [0.4, 0.5) is 5.82 Å². The molecular formula is C18H24N4O5. The first-order valence-corrected chi connectivity index (χ1v) is 8.60. The predicted octanol–water partition coefficient (Wildman–Crippen LogP) is 0.951. The van der Waals surface area contributed by atoms with Crippen LogP contribution in [0, 0.1) is 13.8 Å². The average molecular weight is 376 g/mol. The highest BCUT2D eigenvalue weighted by atomic mass is 16.5. The number of rotatable bonds is 5. The van der Waals surface area contributed by atoms with Crippen LogP contribution >= 0.6 is 0 Å². The third-order valence-electron chi connectivity index (χ3n) is 4.55. The third-order valence-corrected chi connectivity index (χ3v) is 4.55. The van der Waals surface area contributed by atoms with E-state index in [2.05, 4.69) is 5.32 Å². The van der Waals surface area contributed by atoms with Gasteiger partial charge in [0.2, 0.25) is 0 Å². The molecule has 0 aromatic carbocycles. The number of carbonyl (C=O) groups is 2. The minimum Gasteiger partial charge on any atom is -0.461 e. The van der Waals surface area contributed by atoms with Crippen molar-refractivity contribution in [1.29, 1.82) is 0 Å². The maximum absolute atomic E-state index is 12.9. The number of esters is 1. The Bertz CT molecular complexity index is 1030. The molecule has 2 aromatic rings. The summed E-state index contributed by atoms with van der Waals surface area (Å²) in [5.74, 6) is -0.931. The van der Waals surface area contributed by atoms with Crippen LogP contribution in [-0.4, -0.2) is 32.2 Å². The zero-order valence-corrected chi connectivity index (χ0v) is 16.4. The van der Waals surface area contributed by atoms with Crippen molar-refractivity contribution >= 4 is 17.7 Å². The van der Waals surface area contributed by atoms with E-state index in [0.717, 1.165) is 4.57 Å². The zero-order valence-electron chi connectivity index (χ0n) is 16.4. The summed E-state index contributed by atoms with van der Waals surface area (Å²) in [6.07, 6.45) is 0. The van der Waals surface area contributed by atoms with Gasteiger partial charge in [0.1, 0.15) is 11.5 Å². The summed E-state index contributed by atoms with van der Waals surface area (Å²) >= 11 is 0. The van der Waals surface area contributed by atoms with E-state index in [1.54, 1.807) is 25.3 Å². The molecule has 0 aliphatic carbocycles. The predicted molar refractivity (Wildman–Crippen MR) is 100 cm³/mol. The second kappa shape index (κ2) is 7.65. The van der Waals surface area contributed by atoms with Crippen molar-refractivity contribution in [2.75, 3.05) is 11.9 Å². The van der Waals surface area contributed by atoms with Crippen LogP contribution in [0.1, 0.15) is 46.0 Å². The first-order valence-electron chi connectivity index (χ1n) is 8.60. The lowest BCUT2D eigenvalue weighted by Gasteiger charge is -2.11. The summed E-state index contributed by atoms with van der Waals surface area (Å²) < 4.78 is 8.93. The molecule has 0 aliphatic heterocycles. The molecule has 27 heavy (non-hydrogen) atoms. The largest absolute Gasteiger partial charge is 0.461 e. The van der Waals surface area contributed by atoms with Crippen LogP contribution in [0.15, 0.2) is 15.7 Å². The van der Waals surface area contributed by atoms with Crippen molar-refractivity contribution in [3.8, 4) is 0 Å². The Morgan fingerprint density at radius 3 is 2.30 bits per heavy atom. The van der Waals surface area contributed by atoms with Crippen molar-refractivity contribution in [2.45, 2.75) is 34.2 Å². The molecule has 2 rings (SSSR count). The Balaban J connectivity index is 2.54. The van der Waals surface area contributed by atoms with Gasteiger partial charge in [0.05, 0.1) is 12.2 Å². The van der Waals surface area contributed by atoms with Crippen LogP contribution in [0.2, 0.25) is 0 Å². The maximum Gasteiger partial charge on any atom is 0.355 e. The quantitative estimate of drug-likeness (QED) is 0.783. The smallest absolute Gasteiger partial charge is 0.355 e. The minimum absolute atomic E-state index is 0.0776. The number of ether oxygens (including phenoxy) is 1. The number of aromatic nitrogens is 3.